The van der Waals surface area contributed by atoms with E-state index in [1.807, 2.05) is 18.2 Å². The molecular formula is C36H41FN6O4S. The summed E-state index contributed by atoms with van der Waals surface area (Å²) in [6.07, 6.45) is 3.65. The van der Waals surface area contributed by atoms with Gasteiger partial charge in [-0.3, -0.25) is 14.5 Å². The highest BCUT2D eigenvalue weighted by molar-refractivity contribution is 7.09. The Morgan fingerprint density at radius 1 is 0.979 bits per heavy atom. The fourth-order valence-corrected chi connectivity index (χ4v) is 7.18. The zero-order chi connectivity index (χ0) is 33.6. The number of pyridine rings is 1. The van der Waals surface area contributed by atoms with Gasteiger partial charge < -0.3 is 25.8 Å². The highest BCUT2D eigenvalue weighted by Crippen LogP contribution is 2.29. The Bertz CT molecular complexity index is 1720. The topological polar surface area (TPSA) is 129 Å². The Kier molecular flexibility index (Phi) is 10.8. The van der Waals surface area contributed by atoms with Crippen LogP contribution in [-0.4, -0.2) is 69.0 Å². The first-order valence-electron chi connectivity index (χ1n) is 16.4. The molecule has 2 aromatic heterocycles. The van der Waals surface area contributed by atoms with Crippen molar-refractivity contribution in [3.63, 3.8) is 0 Å². The van der Waals surface area contributed by atoms with Crippen LogP contribution in [0.25, 0.3) is 11.1 Å². The van der Waals surface area contributed by atoms with Crippen LogP contribution in [0.15, 0.2) is 66.2 Å². The number of carbonyl (C=O) groups excluding carboxylic acids is 2. The van der Waals surface area contributed by atoms with E-state index in [9.17, 15) is 19.1 Å². The lowest BCUT2D eigenvalue weighted by molar-refractivity contribution is 0.0887. The number of amides is 2. The summed E-state index contributed by atoms with van der Waals surface area (Å²) in [5, 5.41) is 20.9. The van der Waals surface area contributed by atoms with Crippen LogP contribution < -0.4 is 20.7 Å². The third-order valence-corrected chi connectivity index (χ3v) is 9.59. The Morgan fingerprint density at radius 2 is 1.67 bits per heavy atom. The van der Waals surface area contributed by atoms with E-state index >= 15 is 0 Å². The quantitative estimate of drug-likeness (QED) is 0.179. The standard InChI is InChI=1S/C36H41FN6O4S/c1-22-17-43(18-23(2)39-22)19-24-6-8-25(9-7-24)26-4-3-5-30(14-26)47-36-31(15-27(37)16-38-36)34(45)40-28-10-12-29(13-11-28)41-35(46)32-21-48-33(20-44)42-32/h3-9,14-16,21-23,28-29,39,44H,10-13,17-20H2,1-2H3,(H,40,45)(H,41,46)/t22-,23+,28-,29+. The van der Waals surface area contributed by atoms with Crippen molar-refractivity contribution in [2.45, 2.75) is 76.8 Å². The van der Waals surface area contributed by atoms with Crippen molar-refractivity contribution in [2.75, 3.05) is 13.1 Å². The molecule has 1 saturated heterocycles. The average Bonchev–Trinajstić information content (AvgIpc) is 3.56. The molecule has 4 aromatic rings. The van der Waals surface area contributed by atoms with Gasteiger partial charge in [0, 0.05) is 49.2 Å². The van der Waals surface area contributed by atoms with E-state index in [2.05, 4.69) is 68.9 Å². The van der Waals surface area contributed by atoms with Crippen molar-refractivity contribution in [3.05, 3.63) is 93.8 Å². The summed E-state index contributed by atoms with van der Waals surface area (Å²) < 4.78 is 20.4. The molecule has 2 aromatic carbocycles. The van der Waals surface area contributed by atoms with Crippen LogP contribution in [0.3, 0.4) is 0 Å². The van der Waals surface area contributed by atoms with E-state index in [0.29, 0.717) is 54.2 Å². The first kappa shape index (κ1) is 33.7. The predicted octanol–water partition coefficient (Wildman–Crippen LogP) is 5.28. The summed E-state index contributed by atoms with van der Waals surface area (Å²) >= 11 is 1.24. The van der Waals surface area contributed by atoms with Crippen LogP contribution in [0.2, 0.25) is 0 Å². The van der Waals surface area contributed by atoms with Crippen LogP contribution in [-0.2, 0) is 13.2 Å². The summed E-state index contributed by atoms with van der Waals surface area (Å²) in [7, 11) is 0. The Hall–Kier alpha value is -4.23. The molecule has 2 atom stereocenters. The first-order chi connectivity index (χ1) is 23.2. The van der Waals surface area contributed by atoms with Crippen molar-refractivity contribution in [3.8, 4) is 22.8 Å². The summed E-state index contributed by atoms with van der Waals surface area (Å²) in [4.78, 5) is 36.6. The molecule has 48 heavy (non-hydrogen) atoms. The molecule has 1 aliphatic heterocycles. The number of halogens is 1. The minimum atomic E-state index is -0.635. The van der Waals surface area contributed by atoms with Crippen molar-refractivity contribution < 1.29 is 23.8 Å². The molecule has 0 unspecified atom stereocenters. The Balaban J connectivity index is 1.05. The van der Waals surface area contributed by atoms with Gasteiger partial charge in [0.05, 0.1) is 12.8 Å². The van der Waals surface area contributed by atoms with Gasteiger partial charge in [0.1, 0.15) is 27.8 Å². The number of aromatic nitrogens is 2. The molecular weight excluding hydrogens is 631 g/mol. The fraction of sp³-hybridized carbons (Fsp3) is 0.389. The predicted molar refractivity (Wildman–Crippen MR) is 182 cm³/mol. The van der Waals surface area contributed by atoms with Crippen molar-refractivity contribution in [2.24, 2.45) is 0 Å². The van der Waals surface area contributed by atoms with Crippen LogP contribution in [0, 0.1) is 5.82 Å². The van der Waals surface area contributed by atoms with Crippen molar-refractivity contribution >= 4 is 23.2 Å². The number of aliphatic hydroxyl groups is 1. The molecule has 4 N–H and O–H groups in total. The lowest BCUT2D eigenvalue weighted by atomic mass is 9.91. The van der Waals surface area contributed by atoms with Gasteiger partial charge in [-0.1, -0.05) is 36.4 Å². The second-order valence-corrected chi connectivity index (χ2v) is 13.7. The minimum absolute atomic E-state index is 0.0138. The van der Waals surface area contributed by atoms with Gasteiger partial charge in [-0.2, -0.15) is 0 Å². The van der Waals surface area contributed by atoms with E-state index in [-0.39, 0.29) is 36.0 Å². The van der Waals surface area contributed by atoms with Crippen LogP contribution in [0.4, 0.5) is 4.39 Å². The second-order valence-electron chi connectivity index (χ2n) is 12.8. The smallest absolute Gasteiger partial charge is 0.270 e. The number of carbonyl (C=O) groups is 2. The van der Waals surface area contributed by atoms with Gasteiger partial charge in [0.2, 0.25) is 5.88 Å². The zero-order valence-corrected chi connectivity index (χ0v) is 27.9. The number of aliphatic hydroxyl groups excluding tert-OH is 1. The molecule has 0 spiro atoms. The average molecular weight is 673 g/mol. The van der Waals surface area contributed by atoms with Crippen LogP contribution in [0.1, 0.15) is 70.9 Å². The van der Waals surface area contributed by atoms with Crippen LogP contribution in [0.5, 0.6) is 11.6 Å². The van der Waals surface area contributed by atoms with E-state index in [4.69, 9.17) is 4.74 Å². The molecule has 12 heteroatoms. The van der Waals surface area contributed by atoms with Gasteiger partial charge in [-0.15, -0.1) is 11.3 Å². The summed E-state index contributed by atoms with van der Waals surface area (Å²) in [6.45, 7) is 7.18. The van der Waals surface area contributed by atoms with Gasteiger partial charge in [-0.25, -0.2) is 14.4 Å². The molecule has 1 saturated carbocycles. The SMILES string of the molecule is C[C@@H]1CN(Cc2ccc(-c3cccc(Oc4ncc(F)cc4C(=O)N[C@H]4CC[C@@H](NC(=O)c5csc(CO)n5)CC4)c3)cc2)C[C@H](C)N1. The molecule has 2 aliphatic rings. The van der Waals surface area contributed by atoms with Crippen molar-refractivity contribution in [1.82, 2.24) is 30.8 Å². The number of thiazole rings is 1. The van der Waals surface area contributed by atoms with Crippen molar-refractivity contribution in [1.29, 1.82) is 0 Å². The maximum atomic E-state index is 14.3. The second kappa shape index (κ2) is 15.3. The van der Waals surface area contributed by atoms with Gasteiger partial charge in [0.25, 0.3) is 11.8 Å². The summed E-state index contributed by atoms with van der Waals surface area (Å²) in [6, 6.07) is 17.9. The van der Waals surface area contributed by atoms with Crippen LogP contribution >= 0.6 is 11.3 Å². The Labute approximate surface area is 283 Å². The number of piperazine rings is 1. The molecule has 6 rings (SSSR count). The third-order valence-electron chi connectivity index (χ3n) is 8.75. The minimum Gasteiger partial charge on any atom is -0.438 e. The van der Waals surface area contributed by atoms with Gasteiger partial charge >= 0.3 is 0 Å². The van der Waals surface area contributed by atoms with E-state index in [1.54, 1.807) is 11.4 Å². The maximum absolute atomic E-state index is 14.3. The molecule has 3 heterocycles. The fourth-order valence-electron chi connectivity index (χ4n) is 6.54. The molecule has 252 valence electrons. The highest BCUT2D eigenvalue weighted by atomic mass is 32.1. The van der Waals surface area contributed by atoms with E-state index in [0.717, 1.165) is 43.0 Å². The molecule has 2 amide bonds. The molecule has 0 bridgehead atoms. The molecule has 2 fully saturated rings. The number of nitrogens with one attached hydrogen (secondary N) is 3. The maximum Gasteiger partial charge on any atom is 0.270 e. The Morgan fingerprint density at radius 3 is 2.33 bits per heavy atom. The number of benzene rings is 2. The van der Waals surface area contributed by atoms with Gasteiger partial charge in [0.15, 0.2) is 0 Å². The van der Waals surface area contributed by atoms with Gasteiger partial charge in [-0.05, 0) is 74.4 Å². The zero-order valence-electron chi connectivity index (χ0n) is 27.1. The lowest BCUT2D eigenvalue weighted by Crippen LogP contribution is -2.53. The summed E-state index contributed by atoms with van der Waals surface area (Å²) in [5.74, 6) is -0.877. The lowest BCUT2D eigenvalue weighted by Gasteiger charge is -2.36. The number of ether oxygens (including phenoxy) is 1. The highest BCUT2D eigenvalue weighted by Gasteiger charge is 2.27. The number of rotatable bonds is 10. The summed E-state index contributed by atoms with van der Waals surface area (Å²) in [5.41, 5.74) is 3.54. The number of hydrogen-bond donors (Lipinski definition) is 4. The normalized spacial score (nSPS) is 21.4. The van der Waals surface area contributed by atoms with E-state index < -0.39 is 11.7 Å². The molecule has 1 aliphatic carbocycles. The number of hydrogen-bond acceptors (Lipinski definition) is 9. The monoisotopic (exact) mass is 672 g/mol. The third kappa shape index (κ3) is 8.62. The first-order valence-corrected chi connectivity index (χ1v) is 17.3. The number of nitrogens with zero attached hydrogens (tertiary/aromatic N) is 3. The van der Waals surface area contributed by atoms with E-state index in [1.165, 1.54) is 16.9 Å². The molecule has 10 nitrogen and oxygen atoms in total. The molecule has 0 radical (unpaired) electrons. The largest absolute Gasteiger partial charge is 0.438 e.